The molecule has 0 aromatic carbocycles. The molecule has 11 N–H and O–H groups in total. The van der Waals surface area contributed by atoms with Gasteiger partial charge in [-0.25, -0.2) is 0 Å². The quantitative estimate of drug-likeness (QED) is 0.154. The van der Waals surface area contributed by atoms with Gasteiger partial charge in [-0.15, -0.1) is 0 Å². The van der Waals surface area contributed by atoms with Crippen LogP contribution < -0.4 is 0 Å². The lowest BCUT2D eigenvalue weighted by molar-refractivity contribution is -0.387. The lowest BCUT2D eigenvalue weighted by atomic mass is 9.96. The minimum Gasteiger partial charge on any atom is -0.394 e. The van der Waals surface area contributed by atoms with Gasteiger partial charge in [0.1, 0.15) is 73.2 Å². The minimum absolute atomic E-state index is 0.769. The van der Waals surface area contributed by atoms with Gasteiger partial charge in [0.25, 0.3) is 0 Å². The molecule has 0 bridgehead atoms. The van der Waals surface area contributed by atoms with Crippen LogP contribution in [0.1, 0.15) is 0 Å². The molecular formula is C18H32O16. The second kappa shape index (κ2) is 11.6. The first-order valence-electron chi connectivity index (χ1n) is 10.6. The van der Waals surface area contributed by atoms with E-state index in [0.717, 1.165) is 0 Å². The summed E-state index contributed by atoms with van der Waals surface area (Å²) in [6, 6.07) is 0. The number of hydrogen-bond acceptors (Lipinski definition) is 16. The van der Waals surface area contributed by atoms with Crippen molar-refractivity contribution in [3.8, 4) is 0 Å². The third kappa shape index (κ3) is 5.37. The molecule has 0 radical (unpaired) electrons. The molecule has 3 heterocycles. The summed E-state index contributed by atoms with van der Waals surface area (Å²) in [7, 11) is 0. The Morgan fingerprint density at radius 1 is 0.441 bits per heavy atom. The van der Waals surface area contributed by atoms with Gasteiger partial charge in [0, 0.05) is 0 Å². The summed E-state index contributed by atoms with van der Waals surface area (Å²) in [5, 5.41) is 109. The zero-order chi connectivity index (χ0) is 25.3. The van der Waals surface area contributed by atoms with E-state index < -0.39 is 112 Å². The van der Waals surface area contributed by atoms with E-state index in [-0.39, 0.29) is 0 Å². The molecule has 3 aliphatic heterocycles. The second-order valence-corrected chi connectivity index (χ2v) is 8.33. The van der Waals surface area contributed by atoms with Crippen LogP contribution in [0.2, 0.25) is 0 Å². The van der Waals surface area contributed by atoms with Crippen molar-refractivity contribution in [1.82, 2.24) is 0 Å². The van der Waals surface area contributed by atoms with Crippen LogP contribution in [0.4, 0.5) is 0 Å². The number of rotatable bonds is 7. The Kier molecular flexibility index (Phi) is 9.54. The second-order valence-electron chi connectivity index (χ2n) is 8.33. The van der Waals surface area contributed by atoms with Gasteiger partial charge in [-0.05, 0) is 0 Å². The Hall–Kier alpha value is -0.640. The highest BCUT2D eigenvalue weighted by Gasteiger charge is 2.53. The third-order valence-corrected chi connectivity index (χ3v) is 6.10. The number of hydrogen-bond donors (Lipinski definition) is 11. The van der Waals surface area contributed by atoms with Gasteiger partial charge in [0.05, 0.1) is 19.8 Å². The van der Waals surface area contributed by atoms with Crippen LogP contribution in [-0.4, -0.2) is 168 Å². The molecule has 34 heavy (non-hydrogen) atoms. The van der Waals surface area contributed by atoms with E-state index in [9.17, 15) is 56.2 Å². The van der Waals surface area contributed by atoms with E-state index in [0.29, 0.717) is 0 Å². The van der Waals surface area contributed by atoms with Gasteiger partial charge in [-0.2, -0.15) is 0 Å². The molecule has 0 aliphatic carbocycles. The van der Waals surface area contributed by atoms with Gasteiger partial charge >= 0.3 is 0 Å². The molecule has 0 aromatic rings. The van der Waals surface area contributed by atoms with Crippen LogP contribution in [0.25, 0.3) is 0 Å². The Balaban J connectivity index is 1.83. The highest BCUT2D eigenvalue weighted by molar-refractivity contribution is 4.96. The molecule has 0 aromatic heterocycles. The van der Waals surface area contributed by atoms with E-state index in [1.807, 2.05) is 0 Å². The SMILES string of the molecule is OC[C@H]1O[C@H](O[C@@H]2[C@@H](O[C@H]3O[C@H](CO)[C@@H](O)[C@H](O)[C@H]3O)[C@H](O)[C@@H](CO)O[C@@H]2O)[C@H](O)[C@@H](O)[C@@H]1O. The van der Waals surface area contributed by atoms with Gasteiger partial charge in [0.2, 0.25) is 0 Å². The highest BCUT2D eigenvalue weighted by Crippen LogP contribution is 2.32. The standard InChI is InChI=1S/C18H32O16/c19-1-4-7(22)10(25)12(27)17(31-4)33-14-9(24)6(3-21)30-16(29)15(14)34-18-13(28)11(26)8(23)5(2-20)32-18/h4-29H,1-3H2/t4-,5-,6-,7-,8-,9-,10+,11+,12-,13-,14+,15-,16+,17-,18-/m1/s1. The fraction of sp³-hybridized carbons (Fsp3) is 1.00. The van der Waals surface area contributed by atoms with Crippen molar-refractivity contribution < 1.29 is 79.9 Å². The highest BCUT2D eigenvalue weighted by atomic mass is 16.8. The van der Waals surface area contributed by atoms with Crippen LogP contribution in [0, 0.1) is 0 Å². The normalized spacial score (nSPS) is 52.5. The summed E-state index contributed by atoms with van der Waals surface area (Å²) in [4.78, 5) is 0. The van der Waals surface area contributed by atoms with E-state index in [2.05, 4.69) is 0 Å². The molecule has 16 nitrogen and oxygen atoms in total. The molecule has 200 valence electrons. The minimum atomic E-state index is -1.94. The molecule has 3 saturated heterocycles. The first-order valence-corrected chi connectivity index (χ1v) is 10.6. The average Bonchev–Trinajstić information content (AvgIpc) is 2.83. The summed E-state index contributed by atoms with van der Waals surface area (Å²) in [5.41, 5.74) is 0. The summed E-state index contributed by atoms with van der Waals surface area (Å²) >= 11 is 0. The third-order valence-electron chi connectivity index (χ3n) is 6.10. The maximum absolute atomic E-state index is 10.6. The van der Waals surface area contributed by atoms with Gasteiger partial charge in [0.15, 0.2) is 18.9 Å². The van der Waals surface area contributed by atoms with Crippen molar-refractivity contribution >= 4 is 0 Å². The van der Waals surface area contributed by atoms with Gasteiger partial charge < -0.3 is 79.9 Å². The van der Waals surface area contributed by atoms with E-state index in [4.69, 9.17) is 23.7 Å². The number of aliphatic hydroxyl groups is 11. The van der Waals surface area contributed by atoms with Gasteiger partial charge in [-0.1, -0.05) is 0 Å². The van der Waals surface area contributed by atoms with E-state index >= 15 is 0 Å². The summed E-state index contributed by atoms with van der Waals surface area (Å²) in [5.74, 6) is 0. The Bertz CT molecular complexity index is 637. The molecule has 3 fully saturated rings. The molecule has 16 heteroatoms. The molecule has 0 unspecified atom stereocenters. The predicted molar refractivity (Wildman–Crippen MR) is 101 cm³/mol. The van der Waals surface area contributed by atoms with Crippen molar-refractivity contribution in [3.63, 3.8) is 0 Å². The molecule has 0 spiro atoms. The number of aliphatic hydroxyl groups excluding tert-OH is 11. The lowest BCUT2D eigenvalue weighted by Gasteiger charge is -2.48. The van der Waals surface area contributed by atoms with Crippen molar-refractivity contribution in [2.24, 2.45) is 0 Å². The van der Waals surface area contributed by atoms with Crippen LogP contribution in [0.5, 0.6) is 0 Å². The maximum Gasteiger partial charge on any atom is 0.187 e. The van der Waals surface area contributed by atoms with Crippen LogP contribution in [-0.2, 0) is 23.7 Å². The van der Waals surface area contributed by atoms with Crippen LogP contribution >= 0.6 is 0 Å². The first-order chi connectivity index (χ1) is 16.0. The predicted octanol–water partition coefficient (Wildman–Crippen LogP) is -7.57. The molecule has 0 saturated carbocycles. The topological polar surface area (TPSA) is 269 Å². The lowest BCUT2D eigenvalue weighted by Crippen LogP contribution is -2.67. The first kappa shape index (κ1) is 27.9. The molecule has 15 atom stereocenters. The fourth-order valence-electron chi connectivity index (χ4n) is 4.03. The Morgan fingerprint density at radius 2 is 0.824 bits per heavy atom. The van der Waals surface area contributed by atoms with Crippen LogP contribution in [0.3, 0.4) is 0 Å². The van der Waals surface area contributed by atoms with E-state index in [1.165, 1.54) is 0 Å². The van der Waals surface area contributed by atoms with E-state index in [1.54, 1.807) is 0 Å². The zero-order valence-electron chi connectivity index (χ0n) is 17.7. The zero-order valence-corrected chi connectivity index (χ0v) is 17.7. The summed E-state index contributed by atoms with van der Waals surface area (Å²) < 4.78 is 26.5. The van der Waals surface area contributed by atoms with Crippen molar-refractivity contribution in [2.75, 3.05) is 19.8 Å². The fourth-order valence-corrected chi connectivity index (χ4v) is 4.03. The Morgan fingerprint density at radius 3 is 1.24 bits per heavy atom. The van der Waals surface area contributed by atoms with Crippen molar-refractivity contribution in [3.05, 3.63) is 0 Å². The number of ether oxygens (including phenoxy) is 5. The monoisotopic (exact) mass is 504 g/mol. The molecule has 0 amide bonds. The molecular weight excluding hydrogens is 472 g/mol. The summed E-state index contributed by atoms with van der Waals surface area (Å²) in [6.45, 7) is -2.33. The van der Waals surface area contributed by atoms with Crippen molar-refractivity contribution in [2.45, 2.75) is 92.1 Å². The Labute approximate surface area is 192 Å². The van der Waals surface area contributed by atoms with Crippen molar-refractivity contribution in [1.29, 1.82) is 0 Å². The average molecular weight is 504 g/mol. The smallest absolute Gasteiger partial charge is 0.187 e. The molecule has 3 aliphatic rings. The largest absolute Gasteiger partial charge is 0.394 e. The molecule has 3 rings (SSSR count). The van der Waals surface area contributed by atoms with Gasteiger partial charge in [-0.3, -0.25) is 0 Å². The maximum atomic E-state index is 10.6. The summed E-state index contributed by atoms with van der Waals surface area (Å²) in [6.07, 6.45) is -25.6. The van der Waals surface area contributed by atoms with Crippen LogP contribution in [0.15, 0.2) is 0 Å².